The van der Waals surface area contributed by atoms with Crippen molar-refractivity contribution in [1.29, 1.82) is 0 Å². The molecule has 10 aromatic rings. The van der Waals surface area contributed by atoms with Gasteiger partial charge in [-0.25, -0.2) is 0 Å². The molecule has 3 nitrogen and oxygen atoms in total. The predicted molar refractivity (Wildman–Crippen MR) is 213 cm³/mol. The number of hydrogen-bond acceptors (Lipinski definition) is 3. The molecule has 0 unspecified atom stereocenters. The highest BCUT2D eigenvalue weighted by Crippen LogP contribution is 2.59. The monoisotopic (exact) mass is 665 g/mol. The number of fused-ring (bicyclic) bond motifs is 9. The van der Waals surface area contributed by atoms with Gasteiger partial charge < -0.3 is 13.7 Å². The van der Waals surface area contributed by atoms with Gasteiger partial charge >= 0.3 is 0 Å². The highest BCUT2D eigenvalue weighted by atomic mass is 16.3. The van der Waals surface area contributed by atoms with Crippen molar-refractivity contribution in [3.8, 4) is 11.1 Å². The van der Waals surface area contributed by atoms with Crippen LogP contribution >= 0.6 is 0 Å². The molecule has 3 heteroatoms. The summed E-state index contributed by atoms with van der Waals surface area (Å²) < 4.78 is 13.6. The second kappa shape index (κ2) is 11.1. The zero-order chi connectivity index (χ0) is 34.2. The molecule has 1 aliphatic rings. The van der Waals surface area contributed by atoms with Gasteiger partial charge in [-0.1, -0.05) is 146 Å². The molecule has 244 valence electrons. The fourth-order valence-electron chi connectivity index (χ4n) is 8.90. The Kier molecular flexibility index (Phi) is 6.17. The molecular formula is C49H31NO2. The molecule has 1 aliphatic carbocycles. The number of anilines is 3. The minimum Gasteiger partial charge on any atom is -0.456 e. The molecule has 2 heterocycles. The topological polar surface area (TPSA) is 29.5 Å². The molecule has 0 fully saturated rings. The van der Waals surface area contributed by atoms with Crippen molar-refractivity contribution in [3.05, 3.63) is 210 Å². The van der Waals surface area contributed by atoms with Gasteiger partial charge in [-0.15, -0.1) is 0 Å². The van der Waals surface area contributed by atoms with Gasteiger partial charge in [0, 0.05) is 22.0 Å². The molecular weight excluding hydrogens is 635 g/mol. The van der Waals surface area contributed by atoms with Gasteiger partial charge in [0.2, 0.25) is 0 Å². The van der Waals surface area contributed by atoms with Crippen molar-refractivity contribution in [2.75, 3.05) is 4.90 Å². The van der Waals surface area contributed by atoms with Crippen LogP contribution in [0.25, 0.3) is 55.0 Å². The van der Waals surface area contributed by atoms with E-state index in [1.807, 2.05) is 12.1 Å². The van der Waals surface area contributed by atoms with Crippen LogP contribution in [0.4, 0.5) is 17.1 Å². The summed E-state index contributed by atoms with van der Waals surface area (Å²) in [4.78, 5) is 2.38. The maximum Gasteiger partial charge on any atom is 0.142 e. The normalized spacial score (nSPS) is 13.2. The van der Waals surface area contributed by atoms with Gasteiger partial charge in [-0.05, 0) is 70.3 Å². The van der Waals surface area contributed by atoms with Crippen LogP contribution in [0.15, 0.2) is 197 Å². The molecule has 0 amide bonds. The lowest BCUT2D eigenvalue weighted by atomic mass is 9.67. The molecule has 0 spiro atoms. The van der Waals surface area contributed by atoms with Gasteiger partial charge in [-0.3, -0.25) is 0 Å². The first-order chi connectivity index (χ1) is 25.8. The van der Waals surface area contributed by atoms with Crippen LogP contribution in [0.5, 0.6) is 0 Å². The third kappa shape index (κ3) is 3.91. The van der Waals surface area contributed by atoms with Gasteiger partial charge in [0.25, 0.3) is 0 Å². The lowest BCUT2D eigenvalue weighted by Crippen LogP contribution is -2.29. The Bertz CT molecular complexity index is 2930. The lowest BCUT2D eigenvalue weighted by molar-refractivity contribution is 0.648. The summed E-state index contributed by atoms with van der Waals surface area (Å²) >= 11 is 0. The Morgan fingerprint density at radius 2 is 0.904 bits per heavy atom. The highest BCUT2D eigenvalue weighted by molar-refractivity contribution is 6.18. The summed E-state index contributed by atoms with van der Waals surface area (Å²) in [6.45, 7) is 0. The second-order valence-electron chi connectivity index (χ2n) is 13.6. The number of para-hydroxylation sites is 3. The molecule has 0 radical (unpaired) electrons. The minimum atomic E-state index is -0.614. The number of benzene rings is 8. The number of nitrogens with zero attached hydrogens (tertiary/aromatic N) is 1. The maximum atomic E-state index is 7.13. The van der Waals surface area contributed by atoms with Gasteiger partial charge in [-0.2, -0.15) is 0 Å². The first-order valence-corrected chi connectivity index (χ1v) is 17.8. The molecule has 0 bridgehead atoms. The van der Waals surface area contributed by atoms with E-state index in [4.69, 9.17) is 8.83 Å². The molecule has 11 rings (SSSR count). The zero-order valence-electron chi connectivity index (χ0n) is 28.2. The van der Waals surface area contributed by atoms with Crippen LogP contribution in [0.1, 0.15) is 22.3 Å². The molecule has 0 atom stereocenters. The molecule has 0 aliphatic heterocycles. The Morgan fingerprint density at radius 1 is 0.365 bits per heavy atom. The van der Waals surface area contributed by atoms with Gasteiger partial charge in [0.15, 0.2) is 0 Å². The summed E-state index contributed by atoms with van der Waals surface area (Å²) in [6, 6.07) is 67.0. The Balaban J connectivity index is 1.29. The SMILES string of the molecule is c1ccc(N(c2cccc3oc4ccccc4c23)c2ccc(C3(c4ccccc4)c4ccccc4-c4ccccc43)c3oc4ccccc4c23)cc1. The van der Waals surface area contributed by atoms with Crippen molar-refractivity contribution in [2.45, 2.75) is 5.41 Å². The van der Waals surface area contributed by atoms with Crippen molar-refractivity contribution in [1.82, 2.24) is 0 Å². The van der Waals surface area contributed by atoms with E-state index in [-0.39, 0.29) is 0 Å². The highest BCUT2D eigenvalue weighted by Gasteiger charge is 2.48. The standard InChI is InChI=1S/C49H31NO2/c1-3-16-32(17-4-1)49(38-24-11-7-20-34(38)35-21-8-12-25-39(35)49)40-30-31-42(47-37-23-10-14-28-44(37)52-48(40)47)50(33-18-5-2-6-19-33)41-26-15-29-45-46(41)36-22-9-13-27-43(36)51-45/h1-31H. The van der Waals surface area contributed by atoms with E-state index in [1.54, 1.807) is 0 Å². The third-order valence-corrected chi connectivity index (χ3v) is 10.9. The summed E-state index contributed by atoms with van der Waals surface area (Å²) in [7, 11) is 0. The summed E-state index contributed by atoms with van der Waals surface area (Å²) in [5.74, 6) is 0. The zero-order valence-corrected chi connectivity index (χ0v) is 28.2. The fourth-order valence-corrected chi connectivity index (χ4v) is 8.90. The fraction of sp³-hybridized carbons (Fsp3) is 0.0204. The van der Waals surface area contributed by atoms with Crippen LogP contribution in [-0.2, 0) is 5.41 Å². The largest absolute Gasteiger partial charge is 0.456 e. The van der Waals surface area contributed by atoms with E-state index in [0.717, 1.165) is 66.5 Å². The second-order valence-corrected chi connectivity index (χ2v) is 13.6. The van der Waals surface area contributed by atoms with Gasteiger partial charge in [0.05, 0.1) is 27.6 Å². The summed E-state index contributed by atoms with van der Waals surface area (Å²) in [5.41, 5.74) is 13.3. The average molecular weight is 666 g/mol. The van der Waals surface area contributed by atoms with E-state index >= 15 is 0 Å². The Morgan fingerprint density at radius 3 is 1.62 bits per heavy atom. The first kappa shape index (κ1) is 28.9. The number of hydrogen-bond donors (Lipinski definition) is 0. The molecule has 0 N–H and O–H groups in total. The van der Waals surface area contributed by atoms with Crippen LogP contribution in [-0.4, -0.2) is 0 Å². The van der Waals surface area contributed by atoms with Crippen LogP contribution < -0.4 is 4.90 Å². The third-order valence-electron chi connectivity index (χ3n) is 10.9. The average Bonchev–Trinajstić information content (AvgIpc) is 3.88. The van der Waals surface area contributed by atoms with E-state index in [0.29, 0.717) is 0 Å². The van der Waals surface area contributed by atoms with Crippen LogP contribution in [0.2, 0.25) is 0 Å². The van der Waals surface area contributed by atoms with Crippen molar-refractivity contribution in [2.24, 2.45) is 0 Å². The number of rotatable bonds is 5. The maximum absolute atomic E-state index is 7.13. The molecule has 0 saturated heterocycles. The van der Waals surface area contributed by atoms with Crippen molar-refractivity contribution >= 4 is 60.9 Å². The van der Waals surface area contributed by atoms with E-state index in [9.17, 15) is 0 Å². The molecule has 2 aromatic heterocycles. The summed E-state index contributed by atoms with van der Waals surface area (Å²) in [6.07, 6.45) is 0. The Hall–Kier alpha value is -6.84. The quantitative estimate of drug-likeness (QED) is 0.183. The van der Waals surface area contributed by atoms with Crippen LogP contribution in [0, 0.1) is 0 Å². The van der Waals surface area contributed by atoms with E-state index in [1.165, 1.54) is 27.8 Å². The summed E-state index contributed by atoms with van der Waals surface area (Å²) in [5, 5.41) is 4.30. The van der Waals surface area contributed by atoms with Gasteiger partial charge in [0.1, 0.15) is 22.3 Å². The van der Waals surface area contributed by atoms with E-state index in [2.05, 4.69) is 181 Å². The predicted octanol–water partition coefficient (Wildman–Crippen LogP) is 13.3. The van der Waals surface area contributed by atoms with Crippen molar-refractivity contribution < 1.29 is 8.83 Å². The molecule has 0 saturated carbocycles. The lowest BCUT2D eigenvalue weighted by Gasteiger charge is -2.34. The van der Waals surface area contributed by atoms with E-state index < -0.39 is 5.41 Å². The van der Waals surface area contributed by atoms with Crippen LogP contribution in [0.3, 0.4) is 0 Å². The molecule has 52 heavy (non-hydrogen) atoms. The van der Waals surface area contributed by atoms with Crippen molar-refractivity contribution in [3.63, 3.8) is 0 Å². The smallest absolute Gasteiger partial charge is 0.142 e. The first-order valence-electron chi connectivity index (χ1n) is 17.8. The number of furan rings is 2. The molecule has 8 aromatic carbocycles. The Labute approximate surface area is 300 Å². The minimum absolute atomic E-state index is 0.614.